The fourth-order valence-electron chi connectivity index (χ4n) is 2.75. The van der Waals surface area contributed by atoms with Crippen LogP contribution < -0.4 is 5.32 Å². The van der Waals surface area contributed by atoms with Crippen molar-refractivity contribution in [3.05, 3.63) is 77.6 Å². The third-order valence-electron chi connectivity index (χ3n) is 4.04. The fraction of sp³-hybridized carbons (Fsp3) is 0.200. The summed E-state index contributed by atoms with van der Waals surface area (Å²) in [5, 5.41) is 7.57. The number of nitrogens with one attached hydrogen (secondary N) is 1. The number of aryl methyl sites for hydroxylation is 2. The Bertz CT molecular complexity index is 823. The minimum atomic E-state index is 0.0117. The Balaban J connectivity index is 1.71. The summed E-state index contributed by atoms with van der Waals surface area (Å²) in [5.74, 6) is 0.0117. The molecule has 24 heavy (non-hydrogen) atoms. The molecule has 1 heterocycles. The largest absolute Gasteiger partial charge is 0.323 e. The standard InChI is InChI=1S/C20H21N3O/c1-15-20(16(2)23(22-15)18-11-7-4-8-12-18)21-19(24)14-13-17-9-5-3-6-10-17/h3-12H,13-14H2,1-2H3,(H,21,24). The molecule has 0 aliphatic rings. The summed E-state index contributed by atoms with van der Waals surface area (Å²) in [5.41, 5.74) is 4.72. The molecule has 0 radical (unpaired) electrons. The van der Waals surface area contributed by atoms with Crippen LogP contribution in [0.25, 0.3) is 5.69 Å². The predicted octanol–water partition coefficient (Wildman–Crippen LogP) is 4.06. The molecule has 1 amide bonds. The zero-order chi connectivity index (χ0) is 16.9. The lowest BCUT2D eigenvalue weighted by Crippen LogP contribution is -2.13. The van der Waals surface area contributed by atoms with Gasteiger partial charge in [0.2, 0.25) is 5.91 Å². The maximum Gasteiger partial charge on any atom is 0.224 e. The first-order chi connectivity index (χ1) is 11.6. The van der Waals surface area contributed by atoms with Crippen molar-refractivity contribution in [2.45, 2.75) is 26.7 Å². The SMILES string of the molecule is Cc1nn(-c2ccccc2)c(C)c1NC(=O)CCc1ccccc1. The molecule has 0 saturated carbocycles. The monoisotopic (exact) mass is 319 g/mol. The molecule has 0 aliphatic carbocycles. The van der Waals surface area contributed by atoms with E-state index in [1.165, 1.54) is 5.56 Å². The number of hydrogen-bond acceptors (Lipinski definition) is 2. The summed E-state index contributed by atoms with van der Waals surface area (Å²) < 4.78 is 1.86. The number of hydrogen-bond donors (Lipinski definition) is 1. The van der Waals surface area contributed by atoms with Gasteiger partial charge < -0.3 is 5.32 Å². The van der Waals surface area contributed by atoms with Crippen LogP contribution in [0.2, 0.25) is 0 Å². The fourth-order valence-corrected chi connectivity index (χ4v) is 2.75. The molecule has 0 spiro atoms. The molecular weight excluding hydrogens is 298 g/mol. The molecule has 0 atom stereocenters. The second-order valence-corrected chi connectivity index (χ2v) is 5.83. The van der Waals surface area contributed by atoms with E-state index in [-0.39, 0.29) is 5.91 Å². The molecule has 122 valence electrons. The Hall–Kier alpha value is -2.88. The number of para-hydroxylation sites is 1. The molecule has 1 aromatic heterocycles. The molecule has 4 nitrogen and oxygen atoms in total. The minimum absolute atomic E-state index is 0.0117. The van der Waals surface area contributed by atoms with Crippen LogP contribution in [0.4, 0.5) is 5.69 Å². The van der Waals surface area contributed by atoms with E-state index in [1.54, 1.807) is 0 Å². The summed E-state index contributed by atoms with van der Waals surface area (Å²) in [6.45, 7) is 3.89. The van der Waals surface area contributed by atoms with Gasteiger partial charge in [-0.1, -0.05) is 48.5 Å². The van der Waals surface area contributed by atoms with Crippen molar-refractivity contribution in [1.29, 1.82) is 0 Å². The molecule has 0 bridgehead atoms. The minimum Gasteiger partial charge on any atom is -0.323 e. The lowest BCUT2D eigenvalue weighted by atomic mass is 10.1. The molecule has 0 fully saturated rings. The maximum absolute atomic E-state index is 12.3. The highest BCUT2D eigenvalue weighted by Crippen LogP contribution is 2.23. The first-order valence-electron chi connectivity index (χ1n) is 8.10. The van der Waals surface area contributed by atoms with Gasteiger partial charge in [-0.25, -0.2) is 4.68 Å². The number of carbonyl (C=O) groups is 1. The van der Waals surface area contributed by atoms with Gasteiger partial charge in [0.1, 0.15) is 0 Å². The molecular formula is C20H21N3O. The summed E-state index contributed by atoms with van der Waals surface area (Å²) in [4.78, 5) is 12.3. The van der Waals surface area contributed by atoms with E-state index in [9.17, 15) is 4.79 Å². The van der Waals surface area contributed by atoms with Crippen LogP contribution in [0, 0.1) is 13.8 Å². The van der Waals surface area contributed by atoms with Gasteiger partial charge in [0, 0.05) is 6.42 Å². The van der Waals surface area contributed by atoms with Gasteiger partial charge in [-0.05, 0) is 38.0 Å². The van der Waals surface area contributed by atoms with Crippen LogP contribution in [-0.4, -0.2) is 15.7 Å². The lowest BCUT2D eigenvalue weighted by Gasteiger charge is -2.07. The van der Waals surface area contributed by atoms with Crippen molar-refractivity contribution in [3.8, 4) is 5.69 Å². The summed E-state index contributed by atoms with van der Waals surface area (Å²) in [6.07, 6.45) is 1.19. The number of anilines is 1. The van der Waals surface area contributed by atoms with Crippen LogP contribution in [0.15, 0.2) is 60.7 Å². The normalized spacial score (nSPS) is 10.6. The van der Waals surface area contributed by atoms with Crippen LogP contribution in [0.5, 0.6) is 0 Å². The Morgan fingerprint density at radius 2 is 1.62 bits per heavy atom. The summed E-state index contributed by atoms with van der Waals surface area (Å²) >= 11 is 0. The van der Waals surface area contributed by atoms with Crippen molar-refractivity contribution in [2.75, 3.05) is 5.32 Å². The third kappa shape index (κ3) is 3.54. The molecule has 0 saturated heterocycles. The zero-order valence-corrected chi connectivity index (χ0v) is 14.0. The first-order valence-corrected chi connectivity index (χ1v) is 8.10. The van der Waals surface area contributed by atoms with Crippen molar-refractivity contribution in [2.24, 2.45) is 0 Å². The number of rotatable bonds is 5. The van der Waals surface area contributed by atoms with Gasteiger partial charge in [-0.2, -0.15) is 5.10 Å². The van der Waals surface area contributed by atoms with E-state index in [0.717, 1.165) is 29.2 Å². The van der Waals surface area contributed by atoms with E-state index in [2.05, 4.69) is 10.4 Å². The van der Waals surface area contributed by atoms with Gasteiger partial charge in [0.05, 0.1) is 22.8 Å². The quantitative estimate of drug-likeness (QED) is 0.771. The summed E-state index contributed by atoms with van der Waals surface area (Å²) in [7, 11) is 0. The molecule has 1 N–H and O–H groups in total. The second kappa shape index (κ2) is 7.13. The van der Waals surface area contributed by atoms with Gasteiger partial charge in [0.25, 0.3) is 0 Å². The van der Waals surface area contributed by atoms with Crippen LogP contribution in [0.3, 0.4) is 0 Å². The number of amides is 1. The molecule has 3 aromatic rings. The van der Waals surface area contributed by atoms with Crippen molar-refractivity contribution < 1.29 is 4.79 Å². The van der Waals surface area contributed by atoms with Crippen LogP contribution >= 0.6 is 0 Å². The second-order valence-electron chi connectivity index (χ2n) is 5.83. The molecule has 3 rings (SSSR count). The van der Waals surface area contributed by atoms with E-state index >= 15 is 0 Å². The van der Waals surface area contributed by atoms with Gasteiger partial charge in [-0.3, -0.25) is 4.79 Å². The molecule has 2 aromatic carbocycles. The highest BCUT2D eigenvalue weighted by atomic mass is 16.1. The first kappa shape index (κ1) is 16.0. The van der Waals surface area contributed by atoms with E-state index in [4.69, 9.17) is 0 Å². The van der Waals surface area contributed by atoms with E-state index in [0.29, 0.717) is 6.42 Å². The predicted molar refractivity (Wildman–Crippen MR) is 96.4 cm³/mol. The van der Waals surface area contributed by atoms with Crippen LogP contribution in [-0.2, 0) is 11.2 Å². The number of benzene rings is 2. The maximum atomic E-state index is 12.3. The Morgan fingerprint density at radius 1 is 1.00 bits per heavy atom. The van der Waals surface area contributed by atoms with Crippen molar-refractivity contribution in [1.82, 2.24) is 9.78 Å². The topological polar surface area (TPSA) is 46.9 Å². The Labute approximate surface area is 142 Å². The van der Waals surface area contributed by atoms with Crippen molar-refractivity contribution >= 4 is 11.6 Å². The molecule has 4 heteroatoms. The summed E-state index contributed by atoms with van der Waals surface area (Å²) in [6, 6.07) is 20.0. The lowest BCUT2D eigenvalue weighted by molar-refractivity contribution is -0.116. The van der Waals surface area contributed by atoms with E-state index in [1.807, 2.05) is 79.2 Å². The van der Waals surface area contributed by atoms with Gasteiger partial charge >= 0.3 is 0 Å². The van der Waals surface area contributed by atoms with E-state index < -0.39 is 0 Å². The molecule has 0 aliphatic heterocycles. The smallest absolute Gasteiger partial charge is 0.224 e. The average molecular weight is 319 g/mol. The third-order valence-corrected chi connectivity index (χ3v) is 4.04. The van der Waals surface area contributed by atoms with Crippen LogP contribution in [0.1, 0.15) is 23.4 Å². The average Bonchev–Trinajstić information content (AvgIpc) is 2.90. The Morgan fingerprint density at radius 3 is 2.29 bits per heavy atom. The number of aromatic nitrogens is 2. The van der Waals surface area contributed by atoms with Gasteiger partial charge in [0.15, 0.2) is 0 Å². The number of carbonyl (C=O) groups excluding carboxylic acids is 1. The Kier molecular flexibility index (Phi) is 4.75. The molecule has 0 unspecified atom stereocenters. The number of nitrogens with zero attached hydrogens (tertiary/aromatic N) is 2. The highest BCUT2D eigenvalue weighted by molar-refractivity contribution is 5.92. The van der Waals surface area contributed by atoms with Gasteiger partial charge in [-0.15, -0.1) is 0 Å². The van der Waals surface area contributed by atoms with Crippen molar-refractivity contribution in [3.63, 3.8) is 0 Å². The zero-order valence-electron chi connectivity index (χ0n) is 14.0. The highest BCUT2D eigenvalue weighted by Gasteiger charge is 2.15.